The predicted octanol–water partition coefficient (Wildman–Crippen LogP) is 5.16. The average molecular weight is 519 g/mol. The molecular formula is C30H34N2O6. The molecule has 200 valence electrons. The summed E-state index contributed by atoms with van der Waals surface area (Å²) in [6.45, 7) is 3.61. The molecule has 0 fully saturated rings. The van der Waals surface area contributed by atoms with Crippen LogP contribution in [0.2, 0.25) is 0 Å². The van der Waals surface area contributed by atoms with Gasteiger partial charge >= 0.3 is 17.9 Å². The van der Waals surface area contributed by atoms with Crippen molar-refractivity contribution in [2.24, 2.45) is 11.8 Å². The molecule has 8 nitrogen and oxygen atoms in total. The summed E-state index contributed by atoms with van der Waals surface area (Å²) in [6.07, 6.45) is 4.48. The zero-order valence-electron chi connectivity index (χ0n) is 21.8. The van der Waals surface area contributed by atoms with E-state index in [1.54, 1.807) is 50.5 Å². The number of aromatic nitrogens is 2. The summed E-state index contributed by atoms with van der Waals surface area (Å²) < 4.78 is 12.9. The van der Waals surface area contributed by atoms with Gasteiger partial charge in [-0.2, -0.15) is 0 Å². The second kappa shape index (κ2) is 12.5. The summed E-state index contributed by atoms with van der Waals surface area (Å²) in [6, 6.07) is 16.7. The number of imidazole rings is 1. The van der Waals surface area contributed by atoms with Crippen molar-refractivity contribution in [1.29, 1.82) is 0 Å². The second-order valence-electron chi connectivity index (χ2n) is 10.00. The molecule has 0 aliphatic carbocycles. The number of aryl methyl sites for hydroxylation is 1. The van der Waals surface area contributed by atoms with Gasteiger partial charge in [0.25, 0.3) is 0 Å². The lowest BCUT2D eigenvalue weighted by Gasteiger charge is -2.21. The zero-order chi connectivity index (χ0) is 27.1. The fourth-order valence-electron chi connectivity index (χ4n) is 4.70. The standard InChI is InChI=1S/C30H34N2O6/c1-20(2)30(38-29(36)22-11-4-3-5-12-22)37-27(33)15-9-7-13-23(28(34)35)18-24-26-17-16-21-10-6-8-14-25(21)32(26)19-31-24/h3-6,8,10-12,14,19-20,23,30H,7,9,13,15-18H2,1-2H3,(H,34,35)/t23-,30?/m0/s1. The Labute approximate surface area is 222 Å². The fraction of sp³-hybridized carbons (Fsp3) is 0.400. The Balaban J connectivity index is 1.26. The molecule has 2 heterocycles. The number of hydrogen-bond donors (Lipinski definition) is 1. The molecule has 1 aromatic heterocycles. The molecule has 0 spiro atoms. The van der Waals surface area contributed by atoms with Crippen LogP contribution in [0.5, 0.6) is 0 Å². The minimum Gasteiger partial charge on any atom is -0.481 e. The van der Waals surface area contributed by atoms with Crippen molar-refractivity contribution in [1.82, 2.24) is 9.55 Å². The van der Waals surface area contributed by atoms with Crippen molar-refractivity contribution in [2.75, 3.05) is 0 Å². The second-order valence-corrected chi connectivity index (χ2v) is 10.00. The Morgan fingerprint density at radius 2 is 1.71 bits per heavy atom. The van der Waals surface area contributed by atoms with Crippen LogP contribution >= 0.6 is 0 Å². The van der Waals surface area contributed by atoms with Crippen LogP contribution < -0.4 is 0 Å². The molecule has 0 radical (unpaired) electrons. The van der Waals surface area contributed by atoms with Crippen LogP contribution in [0.3, 0.4) is 0 Å². The van der Waals surface area contributed by atoms with Gasteiger partial charge < -0.3 is 19.1 Å². The van der Waals surface area contributed by atoms with Crippen LogP contribution in [0, 0.1) is 11.8 Å². The number of esters is 2. The van der Waals surface area contributed by atoms with Crippen LogP contribution in [0.15, 0.2) is 60.9 Å². The van der Waals surface area contributed by atoms with Crippen LogP contribution in [0.25, 0.3) is 5.69 Å². The summed E-state index contributed by atoms with van der Waals surface area (Å²) in [5.74, 6) is -2.68. The average Bonchev–Trinajstić information content (AvgIpc) is 3.33. The van der Waals surface area contributed by atoms with E-state index in [2.05, 4.69) is 21.7 Å². The Hall–Kier alpha value is -3.94. The topological polar surface area (TPSA) is 108 Å². The highest BCUT2D eigenvalue weighted by atomic mass is 16.7. The number of ether oxygens (including phenoxy) is 2. The Kier molecular flexibility index (Phi) is 8.94. The number of nitrogens with zero attached hydrogens (tertiary/aromatic N) is 2. The van der Waals surface area contributed by atoms with Crippen molar-refractivity contribution in [2.45, 2.75) is 65.1 Å². The van der Waals surface area contributed by atoms with E-state index in [4.69, 9.17) is 9.47 Å². The molecule has 2 aromatic carbocycles. The molecular weight excluding hydrogens is 484 g/mol. The number of carboxylic acid groups (broad SMARTS) is 1. The largest absolute Gasteiger partial charge is 0.481 e. The van der Waals surface area contributed by atoms with Gasteiger partial charge in [-0.3, -0.25) is 9.59 Å². The molecule has 1 aliphatic heterocycles. The molecule has 3 aromatic rings. The monoisotopic (exact) mass is 518 g/mol. The molecule has 2 atom stereocenters. The summed E-state index contributed by atoms with van der Waals surface area (Å²) in [7, 11) is 0. The van der Waals surface area contributed by atoms with Crippen LogP contribution in [0.1, 0.15) is 66.8 Å². The van der Waals surface area contributed by atoms with E-state index in [1.165, 1.54) is 5.56 Å². The molecule has 0 saturated heterocycles. The fourth-order valence-corrected chi connectivity index (χ4v) is 4.70. The quantitative estimate of drug-likeness (QED) is 0.201. The molecule has 0 saturated carbocycles. The van der Waals surface area contributed by atoms with E-state index in [-0.39, 0.29) is 12.3 Å². The lowest BCUT2D eigenvalue weighted by molar-refractivity contribution is -0.175. The van der Waals surface area contributed by atoms with Crippen LogP contribution in [0.4, 0.5) is 0 Å². The van der Waals surface area contributed by atoms with Gasteiger partial charge in [-0.15, -0.1) is 0 Å². The van der Waals surface area contributed by atoms with Crippen LogP contribution in [-0.2, 0) is 38.3 Å². The van der Waals surface area contributed by atoms with Crippen molar-refractivity contribution in [3.05, 3.63) is 83.4 Å². The first-order valence-corrected chi connectivity index (χ1v) is 13.1. The minimum absolute atomic E-state index is 0.120. The van der Waals surface area contributed by atoms with Gasteiger partial charge in [-0.25, -0.2) is 9.78 Å². The Morgan fingerprint density at radius 3 is 2.45 bits per heavy atom. The van der Waals surface area contributed by atoms with E-state index in [1.807, 2.05) is 12.1 Å². The van der Waals surface area contributed by atoms with Crippen molar-refractivity contribution in [3.8, 4) is 5.69 Å². The number of benzene rings is 2. The molecule has 1 N–H and O–H groups in total. The zero-order valence-corrected chi connectivity index (χ0v) is 21.8. The highest BCUT2D eigenvalue weighted by Gasteiger charge is 2.26. The Morgan fingerprint density at radius 1 is 0.974 bits per heavy atom. The third-order valence-electron chi connectivity index (χ3n) is 6.83. The number of carbonyl (C=O) groups is 3. The summed E-state index contributed by atoms with van der Waals surface area (Å²) >= 11 is 0. The number of fused-ring (bicyclic) bond motifs is 3. The van der Waals surface area contributed by atoms with Crippen LogP contribution in [-0.4, -0.2) is 38.9 Å². The maximum absolute atomic E-state index is 12.4. The normalized spacial score (nSPS) is 13.8. The van der Waals surface area contributed by atoms with Gasteiger partial charge in [-0.05, 0) is 49.4 Å². The highest BCUT2D eigenvalue weighted by molar-refractivity contribution is 5.89. The molecule has 4 rings (SSSR count). The van der Waals surface area contributed by atoms with E-state index < -0.39 is 30.1 Å². The third-order valence-corrected chi connectivity index (χ3v) is 6.83. The minimum atomic E-state index is -0.987. The summed E-state index contributed by atoms with van der Waals surface area (Å²) in [5, 5.41) is 9.83. The first-order chi connectivity index (χ1) is 18.3. The van der Waals surface area contributed by atoms with E-state index in [0.717, 1.165) is 29.9 Å². The first kappa shape index (κ1) is 27.1. The molecule has 1 aliphatic rings. The molecule has 0 amide bonds. The van der Waals surface area contributed by atoms with E-state index in [9.17, 15) is 19.5 Å². The SMILES string of the molecule is CC(C)C(OC(=O)CCCC[C@@H](Cc1ncn2c1CCc1ccccc1-2)C(=O)O)OC(=O)c1ccccc1. The van der Waals surface area contributed by atoms with Crippen molar-refractivity contribution >= 4 is 17.9 Å². The number of carboxylic acids is 1. The van der Waals surface area contributed by atoms with E-state index >= 15 is 0 Å². The number of para-hydroxylation sites is 1. The number of unbranched alkanes of at least 4 members (excludes halogenated alkanes) is 1. The molecule has 0 bridgehead atoms. The molecule has 1 unspecified atom stereocenters. The maximum Gasteiger partial charge on any atom is 0.341 e. The van der Waals surface area contributed by atoms with Gasteiger partial charge in [0.2, 0.25) is 6.29 Å². The molecule has 8 heteroatoms. The van der Waals surface area contributed by atoms with Gasteiger partial charge in [0.1, 0.15) is 0 Å². The first-order valence-electron chi connectivity index (χ1n) is 13.1. The summed E-state index contributed by atoms with van der Waals surface area (Å²) in [4.78, 5) is 41.3. The number of aliphatic carboxylic acids is 1. The highest BCUT2D eigenvalue weighted by Crippen LogP contribution is 2.28. The predicted molar refractivity (Wildman–Crippen MR) is 141 cm³/mol. The summed E-state index contributed by atoms with van der Waals surface area (Å²) in [5.41, 5.74) is 4.65. The third kappa shape index (κ3) is 6.68. The van der Waals surface area contributed by atoms with Crippen molar-refractivity contribution < 1.29 is 29.0 Å². The lowest BCUT2D eigenvalue weighted by Crippen LogP contribution is -2.29. The Bertz CT molecular complexity index is 1270. The molecule has 38 heavy (non-hydrogen) atoms. The van der Waals surface area contributed by atoms with E-state index in [0.29, 0.717) is 31.2 Å². The maximum atomic E-state index is 12.4. The van der Waals surface area contributed by atoms with Gasteiger partial charge in [0.15, 0.2) is 0 Å². The van der Waals surface area contributed by atoms with Gasteiger partial charge in [0.05, 0.1) is 23.5 Å². The lowest BCUT2D eigenvalue weighted by atomic mass is 9.93. The van der Waals surface area contributed by atoms with Gasteiger partial charge in [-0.1, -0.05) is 56.7 Å². The van der Waals surface area contributed by atoms with Crippen molar-refractivity contribution in [3.63, 3.8) is 0 Å². The number of carbonyl (C=O) groups excluding carboxylic acids is 2. The van der Waals surface area contributed by atoms with Gasteiger partial charge in [0, 0.05) is 30.1 Å². The smallest absolute Gasteiger partial charge is 0.341 e. The number of hydrogen-bond acceptors (Lipinski definition) is 6. The number of rotatable bonds is 12.